The standard InChI is InChI=1S/C14H25N3O4/c1-4-9(2)11(16-14(15)20)12(18)17-8-6-5-7-10(17)13(19)21-3/h9-11H,4-8H2,1-3H3,(H3,15,16,20)/t9-,10+,11-/m0/s1. The van der Waals surface area contributed by atoms with E-state index in [4.69, 9.17) is 10.5 Å². The number of amides is 3. The van der Waals surface area contributed by atoms with Gasteiger partial charge in [-0.25, -0.2) is 9.59 Å². The van der Waals surface area contributed by atoms with Crippen molar-refractivity contribution in [1.29, 1.82) is 0 Å². The number of rotatable bonds is 5. The molecule has 3 amide bonds. The lowest BCUT2D eigenvalue weighted by molar-refractivity contribution is -0.155. The Morgan fingerprint density at radius 1 is 1.38 bits per heavy atom. The van der Waals surface area contributed by atoms with Crippen LogP contribution < -0.4 is 11.1 Å². The Morgan fingerprint density at radius 2 is 2.05 bits per heavy atom. The third-order valence-electron chi connectivity index (χ3n) is 4.04. The molecule has 0 aromatic heterocycles. The molecule has 3 atom stereocenters. The second kappa shape index (κ2) is 7.85. The van der Waals surface area contributed by atoms with E-state index in [9.17, 15) is 14.4 Å². The number of hydrogen-bond acceptors (Lipinski definition) is 4. The van der Waals surface area contributed by atoms with Gasteiger partial charge in [0, 0.05) is 6.54 Å². The molecule has 1 rings (SSSR count). The van der Waals surface area contributed by atoms with Crippen LogP contribution in [-0.4, -0.2) is 48.5 Å². The molecule has 1 aliphatic heterocycles. The summed E-state index contributed by atoms with van der Waals surface area (Å²) in [7, 11) is 1.31. The van der Waals surface area contributed by atoms with Gasteiger partial charge in [-0.2, -0.15) is 0 Å². The van der Waals surface area contributed by atoms with Crippen LogP contribution in [0.3, 0.4) is 0 Å². The van der Waals surface area contributed by atoms with E-state index >= 15 is 0 Å². The molecule has 0 bridgehead atoms. The first kappa shape index (κ1) is 17.3. The number of carbonyl (C=O) groups excluding carboxylic acids is 3. The molecule has 7 heteroatoms. The van der Waals surface area contributed by atoms with Crippen LogP contribution in [0.25, 0.3) is 0 Å². The molecule has 0 aliphatic carbocycles. The number of nitrogens with two attached hydrogens (primary N) is 1. The average molecular weight is 299 g/mol. The first-order valence-corrected chi connectivity index (χ1v) is 7.36. The van der Waals surface area contributed by atoms with E-state index in [1.807, 2.05) is 13.8 Å². The zero-order valence-electron chi connectivity index (χ0n) is 12.9. The molecule has 1 fully saturated rings. The van der Waals surface area contributed by atoms with Crippen LogP contribution in [0.5, 0.6) is 0 Å². The minimum Gasteiger partial charge on any atom is -0.467 e. The van der Waals surface area contributed by atoms with Gasteiger partial charge in [0.1, 0.15) is 12.1 Å². The molecular weight excluding hydrogens is 274 g/mol. The summed E-state index contributed by atoms with van der Waals surface area (Å²) in [5, 5.41) is 2.50. The fourth-order valence-corrected chi connectivity index (χ4v) is 2.59. The quantitative estimate of drug-likeness (QED) is 0.727. The van der Waals surface area contributed by atoms with Crippen LogP contribution in [-0.2, 0) is 14.3 Å². The van der Waals surface area contributed by atoms with Gasteiger partial charge in [0.15, 0.2) is 0 Å². The van der Waals surface area contributed by atoms with Crippen molar-refractivity contribution >= 4 is 17.9 Å². The maximum atomic E-state index is 12.7. The van der Waals surface area contributed by atoms with Crippen molar-refractivity contribution in [2.45, 2.75) is 51.6 Å². The second-order valence-corrected chi connectivity index (χ2v) is 5.44. The lowest BCUT2D eigenvalue weighted by Crippen LogP contribution is -2.58. The van der Waals surface area contributed by atoms with Crippen LogP contribution >= 0.6 is 0 Å². The molecule has 120 valence electrons. The van der Waals surface area contributed by atoms with Crippen LogP contribution in [0.15, 0.2) is 0 Å². The summed E-state index contributed by atoms with van der Waals surface area (Å²) in [6.45, 7) is 4.29. The number of methoxy groups -OCH3 is 1. The number of piperidine rings is 1. The van der Waals surface area contributed by atoms with E-state index in [1.165, 1.54) is 12.0 Å². The van der Waals surface area contributed by atoms with Gasteiger partial charge in [0.25, 0.3) is 0 Å². The zero-order valence-corrected chi connectivity index (χ0v) is 12.9. The van der Waals surface area contributed by atoms with Crippen LogP contribution in [0, 0.1) is 5.92 Å². The molecule has 0 radical (unpaired) electrons. The number of esters is 1. The highest BCUT2D eigenvalue weighted by molar-refractivity contribution is 5.90. The van der Waals surface area contributed by atoms with Gasteiger partial charge >= 0.3 is 12.0 Å². The van der Waals surface area contributed by atoms with Gasteiger partial charge in [-0.3, -0.25) is 4.79 Å². The molecule has 7 nitrogen and oxygen atoms in total. The monoisotopic (exact) mass is 299 g/mol. The summed E-state index contributed by atoms with van der Waals surface area (Å²) < 4.78 is 4.77. The molecule has 0 saturated carbocycles. The Bertz CT molecular complexity index is 400. The highest BCUT2D eigenvalue weighted by atomic mass is 16.5. The minimum absolute atomic E-state index is 0.0646. The number of urea groups is 1. The van der Waals surface area contributed by atoms with E-state index in [0.29, 0.717) is 19.4 Å². The van der Waals surface area contributed by atoms with Crippen LogP contribution in [0.2, 0.25) is 0 Å². The molecule has 21 heavy (non-hydrogen) atoms. The number of likely N-dealkylation sites (tertiary alicyclic amines) is 1. The summed E-state index contributed by atoms with van der Waals surface area (Å²) in [5.74, 6) is -0.742. The van der Waals surface area contributed by atoms with E-state index < -0.39 is 24.1 Å². The molecule has 1 aliphatic rings. The lowest BCUT2D eigenvalue weighted by Gasteiger charge is -2.37. The van der Waals surface area contributed by atoms with Gasteiger partial charge in [-0.05, 0) is 25.2 Å². The van der Waals surface area contributed by atoms with Crippen LogP contribution in [0.1, 0.15) is 39.5 Å². The molecule has 0 unspecified atom stereocenters. The summed E-state index contributed by atoms with van der Waals surface area (Å²) in [5.41, 5.74) is 5.16. The van der Waals surface area contributed by atoms with Crippen molar-refractivity contribution in [2.24, 2.45) is 11.7 Å². The zero-order chi connectivity index (χ0) is 16.0. The summed E-state index contributed by atoms with van der Waals surface area (Å²) in [4.78, 5) is 37.2. The lowest BCUT2D eigenvalue weighted by atomic mass is 9.95. The summed E-state index contributed by atoms with van der Waals surface area (Å²) >= 11 is 0. The number of hydrogen-bond donors (Lipinski definition) is 2. The highest BCUT2D eigenvalue weighted by Gasteiger charge is 2.37. The molecule has 0 aromatic carbocycles. The van der Waals surface area contributed by atoms with E-state index in [2.05, 4.69) is 5.32 Å². The topological polar surface area (TPSA) is 102 Å². The van der Waals surface area contributed by atoms with Gasteiger partial charge in [0.2, 0.25) is 5.91 Å². The van der Waals surface area contributed by atoms with E-state index in [-0.39, 0.29) is 11.8 Å². The molecule has 0 spiro atoms. The number of nitrogens with zero attached hydrogens (tertiary/aromatic N) is 1. The third-order valence-corrected chi connectivity index (χ3v) is 4.04. The average Bonchev–Trinajstić information content (AvgIpc) is 2.50. The minimum atomic E-state index is -0.736. The van der Waals surface area contributed by atoms with Crippen molar-refractivity contribution in [1.82, 2.24) is 10.2 Å². The Kier molecular flexibility index (Phi) is 6.45. The highest BCUT2D eigenvalue weighted by Crippen LogP contribution is 2.21. The van der Waals surface area contributed by atoms with Crippen molar-refractivity contribution in [3.8, 4) is 0 Å². The van der Waals surface area contributed by atoms with Gasteiger partial charge < -0.3 is 20.7 Å². The molecular formula is C14H25N3O4. The smallest absolute Gasteiger partial charge is 0.328 e. The second-order valence-electron chi connectivity index (χ2n) is 5.44. The fourth-order valence-electron chi connectivity index (χ4n) is 2.59. The Morgan fingerprint density at radius 3 is 2.57 bits per heavy atom. The number of primary amides is 1. The third kappa shape index (κ3) is 4.34. The fraction of sp³-hybridized carbons (Fsp3) is 0.786. The van der Waals surface area contributed by atoms with Crippen molar-refractivity contribution in [2.75, 3.05) is 13.7 Å². The van der Waals surface area contributed by atoms with E-state index in [0.717, 1.165) is 12.8 Å². The predicted octanol–water partition coefficient (Wildman–Crippen LogP) is 0.624. The predicted molar refractivity (Wildman–Crippen MR) is 77.3 cm³/mol. The van der Waals surface area contributed by atoms with E-state index in [1.54, 1.807) is 0 Å². The first-order valence-electron chi connectivity index (χ1n) is 7.36. The maximum absolute atomic E-state index is 12.7. The SMILES string of the molecule is CC[C@H](C)[C@H](NC(N)=O)C(=O)N1CCCC[C@@H]1C(=O)OC. The van der Waals surface area contributed by atoms with Gasteiger partial charge in [-0.1, -0.05) is 20.3 Å². The normalized spacial score (nSPS) is 21.3. The summed E-state index contributed by atoms with van der Waals surface area (Å²) in [6.07, 6.45) is 3.01. The Labute approximate surface area is 125 Å². The molecule has 1 heterocycles. The first-order chi connectivity index (χ1) is 9.92. The van der Waals surface area contributed by atoms with Crippen molar-refractivity contribution < 1.29 is 19.1 Å². The summed E-state index contributed by atoms with van der Waals surface area (Å²) in [6, 6.07) is -2.02. The van der Waals surface area contributed by atoms with Gasteiger partial charge in [0.05, 0.1) is 7.11 Å². The molecule has 0 aromatic rings. The maximum Gasteiger partial charge on any atom is 0.328 e. The van der Waals surface area contributed by atoms with Crippen LogP contribution in [0.4, 0.5) is 4.79 Å². The number of nitrogens with one attached hydrogen (secondary N) is 1. The van der Waals surface area contributed by atoms with Crippen molar-refractivity contribution in [3.05, 3.63) is 0 Å². The van der Waals surface area contributed by atoms with Crippen molar-refractivity contribution in [3.63, 3.8) is 0 Å². The molecule has 3 N–H and O–H groups in total. The number of ether oxygens (including phenoxy) is 1. The molecule has 1 saturated heterocycles. The Hall–Kier alpha value is -1.79. The Balaban J connectivity index is 2.93. The number of carbonyl (C=O) groups is 3. The van der Waals surface area contributed by atoms with Gasteiger partial charge in [-0.15, -0.1) is 0 Å². The largest absolute Gasteiger partial charge is 0.467 e.